The van der Waals surface area contributed by atoms with Crippen molar-refractivity contribution in [2.24, 2.45) is 11.7 Å². The summed E-state index contributed by atoms with van der Waals surface area (Å²) in [7, 11) is 0. The number of rotatable bonds is 2. The molecule has 1 aromatic rings. The van der Waals surface area contributed by atoms with Crippen LogP contribution in [-0.4, -0.2) is 24.0 Å². The van der Waals surface area contributed by atoms with Gasteiger partial charge in [-0.25, -0.2) is 0 Å². The van der Waals surface area contributed by atoms with Crippen molar-refractivity contribution in [1.82, 2.24) is 4.90 Å². The molecule has 0 saturated carbocycles. The first-order valence-electron chi connectivity index (χ1n) is 5.98. The molecule has 1 aliphatic rings. The van der Waals surface area contributed by atoms with Gasteiger partial charge in [0.05, 0.1) is 0 Å². The number of hydrogen-bond acceptors (Lipinski definition) is 2. The molecule has 0 radical (unpaired) electrons. The molecule has 0 bridgehead atoms. The molecule has 2 N–H and O–H groups in total. The van der Waals surface area contributed by atoms with E-state index in [2.05, 4.69) is 11.8 Å². The summed E-state index contributed by atoms with van der Waals surface area (Å²) in [6, 6.07) is 6.04. The molecule has 0 amide bonds. The zero-order valence-electron chi connectivity index (χ0n) is 10.00. The number of benzene rings is 1. The van der Waals surface area contributed by atoms with Gasteiger partial charge in [0.2, 0.25) is 0 Å². The second-order valence-electron chi connectivity index (χ2n) is 4.90. The number of piperidine rings is 1. The van der Waals surface area contributed by atoms with Crippen LogP contribution in [0.25, 0.3) is 0 Å². The Kier molecular flexibility index (Phi) is 4.31. The van der Waals surface area contributed by atoms with Gasteiger partial charge in [0.15, 0.2) is 0 Å². The van der Waals surface area contributed by atoms with Gasteiger partial charge in [-0.05, 0) is 36.6 Å². The monoisotopic (exact) mass is 272 g/mol. The molecular formula is C13H18Cl2N2. The van der Waals surface area contributed by atoms with E-state index in [0.717, 1.165) is 36.6 Å². The number of hydrogen-bond donors (Lipinski definition) is 1. The van der Waals surface area contributed by atoms with Crippen LogP contribution in [0.15, 0.2) is 18.2 Å². The predicted molar refractivity (Wildman–Crippen MR) is 73.5 cm³/mol. The van der Waals surface area contributed by atoms with Gasteiger partial charge in [0.1, 0.15) is 0 Å². The van der Waals surface area contributed by atoms with E-state index >= 15 is 0 Å². The first-order chi connectivity index (χ1) is 8.06. The van der Waals surface area contributed by atoms with E-state index in [1.165, 1.54) is 0 Å². The lowest BCUT2D eigenvalue weighted by atomic mass is 9.94. The van der Waals surface area contributed by atoms with E-state index < -0.39 is 0 Å². The summed E-state index contributed by atoms with van der Waals surface area (Å²) in [6.45, 7) is 5.18. The molecular weight excluding hydrogens is 255 g/mol. The fourth-order valence-electron chi connectivity index (χ4n) is 2.28. The van der Waals surface area contributed by atoms with Crippen molar-refractivity contribution >= 4 is 23.2 Å². The summed E-state index contributed by atoms with van der Waals surface area (Å²) in [6.07, 6.45) is 1.06. The highest BCUT2D eigenvalue weighted by Crippen LogP contribution is 2.24. The van der Waals surface area contributed by atoms with Gasteiger partial charge < -0.3 is 5.73 Å². The van der Waals surface area contributed by atoms with Crippen LogP contribution in [0, 0.1) is 5.92 Å². The SMILES string of the molecule is CC1CN(Cc2ccc(Cl)cc2Cl)CCC1N. The normalized spacial score (nSPS) is 26.1. The molecule has 2 rings (SSSR count). The highest BCUT2D eigenvalue weighted by atomic mass is 35.5. The van der Waals surface area contributed by atoms with Gasteiger partial charge in [-0.3, -0.25) is 4.90 Å². The van der Waals surface area contributed by atoms with E-state index in [1.807, 2.05) is 12.1 Å². The standard InChI is InChI=1S/C13H18Cl2N2/c1-9-7-17(5-4-13(9)16)8-10-2-3-11(14)6-12(10)15/h2-3,6,9,13H,4-5,7-8,16H2,1H3. The average Bonchev–Trinajstić information content (AvgIpc) is 2.27. The molecule has 2 atom stereocenters. The summed E-state index contributed by atoms with van der Waals surface area (Å²) in [5, 5.41) is 1.44. The van der Waals surface area contributed by atoms with Crippen molar-refractivity contribution in [2.75, 3.05) is 13.1 Å². The Morgan fingerprint density at radius 2 is 2.18 bits per heavy atom. The van der Waals surface area contributed by atoms with Crippen molar-refractivity contribution in [1.29, 1.82) is 0 Å². The molecule has 0 aromatic heterocycles. The lowest BCUT2D eigenvalue weighted by molar-refractivity contribution is 0.158. The molecule has 1 heterocycles. The molecule has 4 heteroatoms. The fourth-order valence-corrected chi connectivity index (χ4v) is 2.75. The lowest BCUT2D eigenvalue weighted by Gasteiger charge is -2.35. The molecule has 0 spiro atoms. The minimum Gasteiger partial charge on any atom is -0.327 e. The summed E-state index contributed by atoms with van der Waals surface area (Å²) in [5.41, 5.74) is 7.15. The van der Waals surface area contributed by atoms with E-state index in [-0.39, 0.29) is 0 Å². The van der Waals surface area contributed by atoms with Crippen LogP contribution in [0.1, 0.15) is 18.9 Å². The summed E-state index contributed by atoms with van der Waals surface area (Å²) in [5.74, 6) is 0.551. The van der Waals surface area contributed by atoms with Crippen LogP contribution in [-0.2, 0) is 6.54 Å². The van der Waals surface area contributed by atoms with Crippen molar-refractivity contribution in [2.45, 2.75) is 25.9 Å². The van der Waals surface area contributed by atoms with E-state index in [0.29, 0.717) is 17.0 Å². The molecule has 2 unspecified atom stereocenters. The minimum absolute atomic E-state index is 0.340. The smallest absolute Gasteiger partial charge is 0.0465 e. The third-order valence-electron chi connectivity index (χ3n) is 3.46. The van der Waals surface area contributed by atoms with Gasteiger partial charge in [0, 0.05) is 29.2 Å². The van der Waals surface area contributed by atoms with Gasteiger partial charge in [0.25, 0.3) is 0 Å². The van der Waals surface area contributed by atoms with Gasteiger partial charge in [-0.15, -0.1) is 0 Å². The molecule has 1 fully saturated rings. The summed E-state index contributed by atoms with van der Waals surface area (Å²) in [4.78, 5) is 2.41. The Balaban J connectivity index is 2.01. The van der Waals surface area contributed by atoms with E-state index in [9.17, 15) is 0 Å². The van der Waals surface area contributed by atoms with Gasteiger partial charge in [-0.1, -0.05) is 36.2 Å². The Morgan fingerprint density at radius 1 is 1.41 bits per heavy atom. The fraction of sp³-hybridized carbons (Fsp3) is 0.538. The summed E-state index contributed by atoms with van der Waals surface area (Å²) >= 11 is 12.1. The molecule has 0 aliphatic carbocycles. The highest BCUT2D eigenvalue weighted by molar-refractivity contribution is 6.35. The second kappa shape index (κ2) is 5.57. The predicted octanol–water partition coefficient (Wildman–Crippen LogP) is 3.16. The van der Waals surface area contributed by atoms with Gasteiger partial charge in [-0.2, -0.15) is 0 Å². The van der Waals surface area contributed by atoms with Crippen molar-refractivity contribution in [3.8, 4) is 0 Å². The molecule has 94 valence electrons. The zero-order valence-corrected chi connectivity index (χ0v) is 11.5. The Hall–Kier alpha value is -0.280. The van der Waals surface area contributed by atoms with Crippen LogP contribution >= 0.6 is 23.2 Å². The second-order valence-corrected chi connectivity index (χ2v) is 5.74. The molecule has 1 aliphatic heterocycles. The largest absolute Gasteiger partial charge is 0.327 e. The molecule has 1 aromatic carbocycles. The zero-order chi connectivity index (χ0) is 12.4. The number of halogens is 2. The topological polar surface area (TPSA) is 29.3 Å². The lowest BCUT2D eigenvalue weighted by Crippen LogP contribution is -2.45. The van der Waals surface area contributed by atoms with Crippen LogP contribution in [0.2, 0.25) is 10.0 Å². The number of nitrogens with two attached hydrogens (primary N) is 1. The number of nitrogens with zero attached hydrogens (tertiary/aromatic N) is 1. The quantitative estimate of drug-likeness (QED) is 0.896. The Bertz CT molecular complexity index is 395. The van der Waals surface area contributed by atoms with Crippen LogP contribution < -0.4 is 5.73 Å². The molecule has 1 saturated heterocycles. The van der Waals surface area contributed by atoms with Crippen LogP contribution in [0.4, 0.5) is 0 Å². The van der Waals surface area contributed by atoms with Crippen molar-refractivity contribution < 1.29 is 0 Å². The third kappa shape index (κ3) is 3.35. The maximum absolute atomic E-state index is 6.18. The van der Waals surface area contributed by atoms with Crippen molar-refractivity contribution in [3.05, 3.63) is 33.8 Å². The maximum Gasteiger partial charge on any atom is 0.0465 e. The summed E-state index contributed by atoms with van der Waals surface area (Å²) < 4.78 is 0. The minimum atomic E-state index is 0.340. The third-order valence-corrected chi connectivity index (χ3v) is 4.05. The first kappa shape index (κ1) is 13.2. The Labute approximate surface area is 113 Å². The maximum atomic E-state index is 6.18. The van der Waals surface area contributed by atoms with E-state index in [1.54, 1.807) is 6.07 Å². The average molecular weight is 273 g/mol. The van der Waals surface area contributed by atoms with Crippen LogP contribution in [0.5, 0.6) is 0 Å². The molecule has 2 nitrogen and oxygen atoms in total. The van der Waals surface area contributed by atoms with Gasteiger partial charge >= 0.3 is 0 Å². The highest BCUT2D eigenvalue weighted by Gasteiger charge is 2.23. The Morgan fingerprint density at radius 3 is 2.82 bits per heavy atom. The number of likely N-dealkylation sites (tertiary alicyclic amines) is 1. The first-order valence-corrected chi connectivity index (χ1v) is 6.73. The molecule has 17 heavy (non-hydrogen) atoms. The van der Waals surface area contributed by atoms with Crippen molar-refractivity contribution in [3.63, 3.8) is 0 Å². The van der Waals surface area contributed by atoms with Crippen LogP contribution in [0.3, 0.4) is 0 Å². The van der Waals surface area contributed by atoms with E-state index in [4.69, 9.17) is 28.9 Å².